The molecule has 4 heteroatoms. The summed E-state index contributed by atoms with van der Waals surface area (Å²) in [7, 11) is 0. The van der Waals surface area contributed by atoms with Crippen molar-refractivity contribution in [3.63, 3.8) is 0 Å². The number of pyridine rings is 1. The maximum Gasteiger partial charge on any atom is 0.0602 e. The van der Waals surface area contributed by atoms with Gasteiger partial charge in [-0.15, -0.1) is 0 Å². The van der Waals surface area contributed by atoms with Gasteiger partial charge < -0.3 is 4.90 Å². The van der Waals surface area contributed by atoms with Crippen LogP contribution in [0.15, 0.2) is 40.9 Å². The third-order valence-corrected chi connectivity index (χ3v) is 4.57. The molecular formula is C16H18Br2N2. The number of hydrogen-bond acceptors (Lipinski definition) is 2. The van der Waals surface area contributed by atoms with Crippen molar-refractivity contribution in [1.29, 1.82) is 0 Å². The SMILES string of the molecule is CCN(Cc1cccc(C)n1)c1ccc(CBr)c(Br)c1. The van der Waals surface area contributed by atoms with Crippen LogP contribution in [0.4, 0.5) is 5.69 Å². The van der Waals surface area contributed by atoms with Crippen molar-refractivity contribution in [2.45, 2.75) is 25.7 Å². The van der Waals surface area contributed by atoms with Gasteiger partial charge in [0.05, 0.1) is 12.2 Å². The first-order chi connectivity index (χ1) is 9.63. The molecule has 0 saturated heterocycles. The summed E-state index contributed by atoms with van der Waals surface area (Å²) in [6, 6.07) is 12.7. The molecule has 0 spiro atoms. The molecule has 106 valence electrons. The monoisotopic (exact) mass is 396 g/mol. The van der Waals surface area contributed by atoms with Crippen LogP contribution in [0.3, 0.4) is 0 Å². The van der Waals surface area contributed by atoms with Crippen LogP contribution in [-0.2, 0) is 11.9 Å². The van der Waals surface area contributed by atoms with Gasteiger partial charge in [0.25, 0.3) is 0 Å². The second-order valence-corrected chi connectivity index (χ2v) is 6.11. The first kappa shape index (κ1) is 15.5. The predicted octanol–water partition coefficient (Wildman–Crippen LogP) is 5.07. The maximum absolute atomic E-state index is 4.58. The van der Waals surface area contributed by atoms with E-state index < -0.39 is 0 Å². The molecule has 0 N–H and O–H groups in total. The summed E-state index contributed by atoms with van der Waals surface area (Å²) >= 11 is 7.12. The number of aryl methyl sites for hydroxylation is 1. The Hall–Kier alpha value is -0.870. The van der Waals surface area contributed by atoms with E-state index in [9.17, 15) is 0 Å². The lowest BCUT2D eigenvalue weighted by Crippen LogP contribution is -2.22. The van der Waals surface area contributed by atoms with E-state index in [4.69, 9.17) is 0 Å². The Morgan fingerprint density at radius 1 is 1.20 bits per heavy atom. The van der Waals surface area contributed by atoms with Gasteiger partial charge in [0.15, 0.2) is 0 Å². The Kier molecular flexibility index (Phi) is 5.61. The normalized spacial score (nSPS) is 10.6. The number of nitrogens with zero attached hydrogens (tertiary/aromatic N) is 2. The molecule has 0 radical (unpaired) electrons. The van der Waals surface area contributed by atoms with Crippen molar-refractivity contribution in [3.8, 4) is 0 Å². The highest BCUT2D eigenvalue weighted by Crippen LogP contribution is 2.26. The standard InChI is InChI=1S/C16H18Br2N2/c1-3-20(11-14-6-4-5-12(2)19-14)15-8-7-13(10-17)16(18)9-15/h4-9H,3,10-11H2,1-2H3. The van der Waals surface area contributed by atoms with E-state index in [0.717, 1.165) is 34.3 Å². The molecule has 2 rings (SSSR count). The maximum atomic E-state index is 4.58. The molecule has 0 bridgehead atoms. The third kappa shape index (κ3) is 3.83. The largest absolute Gasteiger partial charge is 0.366 e. The fraction of sp³-hybridized carbons (Fsp3) is 0.312. The average molecular weight is 398 g/mol. The minimum absolute atomic E-state index is 0.832. The zero-order chi connectivity index (χ0) is 14.5. The summed E-state index contributed by atoms with van der Waals surface area (Å²) in [5.74, 6) is 0. The molecule has 0 unspecified atom stereocenters. The minimum atomic E-state index is 0.832. The molecular weight excluding hydrogens is 380 g/mol. The fourth-order valence-electron chi connectivity index (χ4n) is 2.11. The van der Waals surface area contributed by atoms with Gasteiger partial charge in [-0.2, -0.15) is 0 Å². The topological polar surface area (TPSA) is 16.1 Å². The Balaban J connectivity index is 2.22. The smallest absolute Gasteiger partial charge is 0.0602 e. The quantitative estimate of drug-likeness (QED) is 0.654. The molecule has 0 aliphatic rings. The van der Waals surface area contributed by atoms with Gasteiger partial charge in [-0.3, -0.25) is 4.98 Å². The van der Waals surface area contributed by atoms with Gasteiger partial charge in [0, 0.05) is 27.7 Å². The Morgan fingerprint density at radius 2 is 2.00 bits per heavy atom. The Bertz CT molecular complexity index is 584. The van der Waals surface area contributed by atoms with Crippen LogP contribution in [0.2, 0.25) is 0 Å². The van der Waals surface area contributed by atoms with Crippen LogP contribution in [0.25, 0.3) is 0 Å². The minimum Gasteiger partial charge on any atom is -0.366 e. The van der Waals surface area contributed by atoms with Crippen LogP contribution in [0, 0.1) is 6.92 Å². The molecule has 1 heterocycles. The van der Waals surface area contributed by atoms with Crippen LogP contribution in [-0.4, -0.2) is 11.5 Å². The summed E-state index contributed by atoms with van der Waals surface area (Å²) in [6.07, 6.45) is 0. The van der Waals surface area contributed by atoms with E-state index in [-0.39, 0.29) is 0 Å². The van der Waals surface area contributed by atoms with Crippen LogP contribution >= 0.6 is 31.9 Å². The molecule has 0 amide bonds. The first-order valence-corrected chi connectivity index (χ1v) is 8.57. The Labute approximate surface area is 137 Å². The van der Waals surface area contributed by atoms with Gasteiger partial charge in [-0.05, 0) is 43.7 Å². The van der Waals surface area contributed by atoms with Crippen molar-refractivity contribution in [2.24, 2.45) is 0 Å². The average Bonchev–Trinajstić information content (AvgIpc) is 2.44. The second kappa shape index (κ2) is 7.23. The lowest BCUT2D eigenvalue weighted by molar-refractivity contribution is 0.805. The molecule has 1 aromatic heterocycles. The van der Waals surface area contributed by atoms with Crippen molar-refractivity contribution in [2.75, 3.05) is 11.4 Å². The van der Waals surface area contributed by atoms with Crippen molar-refractivity contribution in [3.05, 3.63) is 57.8 Å². The van der Waals surface area contributed by atoms with Crippen molar-refractivity contribution < 1.29 is 0 Å². The lowest BCUT2D eigenvalue weighted by Gasteiger charge is -2.23. The predicted molar refractivity (Wildman–Crippen MR) is 92.5 cm³/mol. The molecule has 2 nitrogen and oxygen atoms in total. The third-order valence-electron chi connectivity index (χ3n) is 3.23. The molecule has 20 heavy (non-hydrogen) atoms. The van der Waals surface area contributed by atoms with E-state index in [0.29, 0.717) is 0 Å². The van der Waals surface area contributed by atoms with Gasteiger partial charge in [0.1, 0.15) is 0 Å². The molecule has 2 aromatic rings. The van der Waals surface area contributed by atoms with E-state index >= 15 is 0 Å². The highest BCUT2D eigenvalue weighted by molar-refractivity contribution is 9.10. The van der Waals surface area contributed by atoms with Crippen molar-refractivity contribution in [1.82, 2.24) is 4.98 Å². The number of anilines is 1. The van der Waals surface area contributed by atoms with E-state index in [1.807, 2.05) is 13.0 Å². The van der Waals surface area contributed by atoms with Crippen LogP contribution in [0.1, 0.15) is 23.9 Å². The number of halogens is 2. The number of benzene rings is 1. The summed E-state index contributed by atoms with van der Waals surface area (Å²) in [5, 5.41) is 0.861. The number of aromatic nitrogens is 1. The lowest BCUT2D eigenvalue weighted by atomic mass is 10.2. The van der Waals surface area contributed by atoms with Gasteiger partial charge in [-0.25, -0.2) is 0 Å². The highest BCUT2D eigenvalue weighted by atomic mass is 79.9. The number of hydrogen-bond donors (Lipinski definition) is 0. The van der Waals surface area contributed by atoms with E-state index in [1.54, 1.807) is 0 Å². The number of alkyl halides is 1. The molecule has 0 aliphatic carbocycles. The second-order valence-electron chi connectivity index (χ2n) is 4.69. The van der Waals surface area contributed by atoms with E-state index in [2.05, 4.69) is 79.0 Å². The van der Waals surface area contributed by atoms with Crippen LogP contribution < -0.4 is 4.90 Å². The van der Waals surface area contributed by atoms with Gasteiger partial charge >= 0.3 is 0 Å². The summed E-state index contributed by atoms with van der Waals surface area (Å²) in [5.41, 5.74) is 4.65. The Morgan fingerprint density at radius 3 is 2.60 bits per heavy atom. The zero-order valence-electron chi connectivity index (χ0n) is 11.7. The molecule has 0 fully saturated rings. The highest BCUT2D eigenvalue weighted by Gasteiger charge is 2.08. The summed E-state index contributed by atoms with van der Waals surface area (Å²) < 4.78 is 1.14. The van der Waals surface area contributed by atoms with E-state index in [1.165, 1.54) is 11.3 Å². The summed E-state index contributed by atoms with van der Waals surface area (Å²) in [6.45, 7) is 5.98. The fourth-order valence-corrected chi connectivity index (χ4v) is 3.48. The molecule has 1 aromatic carbocycles. The van der Waals surface area contributed by atoms with Crippen molar-refractivity contribution >= 4 is 37.5 Å². The summed E-state index contributed by atoms with van der Waals surface area (Å²) in [4.78, 5) is 6.91. The van der Waals surface area contributed by atoms with Gasteiger partial charge in [-0.1, -0.05) is 44.0 Å². The molecule has 0 aliphatic heterocycles. The molecule has 0 atom stereocenters. The molecule has 0 saturated carbocycles. The number of rotatable bonds is 5. The first-order valence-electron chi connectivity index (χ1n) is 6.66. The van der Waals surface area contributed by atoms with Gasteiger partial charge in [0.2, 0.25) is 0 Å². The zero-order valence-corrected chi connectivity index (χ0v) is 14.9. The van der Waals surface area contributed by atoms with Crippen LogP contribution in [0.5, 0.6) is 0 Å².